The SMILES string of the molecule is Nc1cc(/C=[13CH]/[13C](=O)O)ccc1O. The Bertz CT molecular complexity index is 358. The van der Waals surface area contributed by atoms with E-state index in [-0.39, 0.29) is 11.4 Å². The molecule has 1 aromatic rings. The highest BCUT2D eigenvalue weighted by Crippen LogP contribution is 2.20. The van der Waals surface area contributed by atoms with Crippen molar-refractivity contribution in [2.45, 2.75) is 0 Å². The summed E-state index contributed by atoms with van der Waals surface area (Å²) in [4.78, 5) is 10.2. The zero-order valence-electron chi connectivity index (χ0n) is 6.77. The van der Waals surface area contributed by atoms with E-state index in [1.54, 1.807) is 6.07 Å². The maximum absolute atomic E-state index is 10.2. The lowest BCUT2D eigenvalue weighted by molar-refractivity contribution is -0.131. The van der Waals surface area contributed by atoms with Gasteiger partial charge in [0, 0.05) is 6.08 Å². The van der Waals surface area contributed by atoms with Crippen LogP contribution >= 0.6 is 0 Å². The van der Waals surface area contributed by atoms with Gasteiger partial charge in [0.15, 0.2) is 0 Å². The monoisotopic (exact) mass is 181 g/mol. The Labute approximate surface area is 74.9 Å². The van der Waals surface area contributed by atoms with Gasteiger partial charge in [0.1, 0.15) is 5.75 Å². The molecule has 0 radical (unpaired) electrons. The first kappa shape index (κ1) is 9.12. The molecule has 0 fully saturated rings. The van der Waals surface area contributed by atoms with Crippen molar-refractivity contribution in [1.82, 2.24) is 0 Å². The van der Waals surface area contributed by atoms with Crippen LogP contribution < -0.4 is 5.73 Å². The molecule has 0 saturated carbocycles. The number of carbonyl (C=O) groups is 1. The number of nitrogen functional groups attached to an aromatic ring is 1. The number of nitrogens with two attached hydrogens (primary N) is 1. The summed E-state index contributed by atoms with van der Waals surface area (Å²) >= 11 is 0. The molecule has 0 unspecified atom stereocenters. The van der Waals surface area contributed by atoms with E-state index in [0.717, 1.165) is 6.08 Å². The van der Waals surface area contributed by atoms with Crippen molar-refractivity contribution >= 4 is 17.7 Å². The van der Waals surface area contributed by atoms with Crippen molar-refractivity contribution in [2.75, 3.05) is 5.73 Å². The third-order valence-electron chi connectivity index (χ3n) is 1.47. The fourth-order valence-electron chi connectivity index (χ4n) is 0.844. The summed E-state index contributed by atoms with van der Waals surface area (Å²) in [5.74, 6) is -1.03. The van der Waals surface area contributed by atoms with Gasteiger partial charge < -0.3 is 15.9 Å². The first-order valence-corrected chi connectivity index (χ1v) is 3.59. The number of carboxylic acid groups (broad SMARTS) is 1. The lowest BCUT2D eigenvalue weighted by Crippen LogP contribution is -1.88. The summed E-state index contributed by atoms with van der Waals surface area (Å²) in [5, 5.41) is 17.4. The van der Waals surface area contributed by atoms with Crippen molar-refractivity contribution in [2.24, 2.45) is 0 Å². The summed E-state index contributed by atoms with van der Waals surface area (Å²) in [6.45, 7) is 0. The second-order valence-electron chi connectivity index (χ2n) is 2.49. The zero-order chi connectivity index (χ0) is 9.84. The van der Waals surface area contributed by atoms with Gasteiger partial charge in [-0.3, -0.25) is 0 Å². The molecule has 0 aromatic heterocycles. The number of carboxylic acids is 1. The van der Waals surface area contributed by atoms with Crippen LogP contribution in [0.15, 0.2) is 24.3 Å². The van der Waals surface area contributed by atoms with Crippen molar-refractivity contribution < 1.29 is 15.0 Å². The van der Waals surface area contributed by atoms with Crippen LogP contribution in [-0.2, 0) is 4.79 Å². The third kappa shape index (κ3) is 2.52. The Hall–Kier alpha value is -1.97. The number of phenolic OH excluding ortho intramolecular Hbond substituents is 1. The Morgan fingerprint density at radius 2 is 2.15 bits per heavy atom. The van der Waals surface area contributed by atoms with Gasteiger partial charge in [0.2, 0.25) is 0 Å². The topological polar surface area (TPSA) is 83.6 Å². The molecule has 0 heterocycles. The molecule has 0 aliphatic rings. The molecule has 1 rings (SSSR count). The van der Waals surface area contributed by atoms with Crippen LogP contribution in [0.25, 0.3) is 6.08 Å². The van der Waals surface area contributed by atoms with Crippen LogP contribution in [0.3, 0.4) is 0 Å². The van der Waals surface area contributed by atoms with Gasteiger partial charge in [-0.1, -0.05) is 6.07 Å². The van der Waals surface area contributed by atoms with Crippen molar-refractivity contribution in [1.29, 1.82) is 0 Å². The average molecular weight is 181 g/mol. The Balaban J connectivity index is 2.92. The fraction of sp³-hybridized carbons (Fsp3) is 0. The molecular weight excluding hydrogens is 172 g/mol. The van der Waals surface area contributed by atoms with Gasteiger partial charge in [0.05, 0.1) is 5.69 Å². The van der Waals surface area contributed by atoms with Gasteiger partial charge in [0.25, 0.3) is 0 Å². The van der Waals surface area contributed by atoms with Crippen LogP contribution in [0.5, 0.6) is 5.75 Å². The van der Waals surface area contributed by atoms with Crippen molar-refractivity contribution in [3.63, 3.8) is 0 Å². The van der Waals surface area contributed by atoms with Crippen molar-refractivity contribution in [3.05, 3.63) is 29.8 Å². The highest BCUT2D eigenvalue weighted by atomic mass is 16.5. The third-order valence-corrected chi connectivity index (χ3v) is 1.47. The smallest absolute Gasteiger partial charge is 0.328 e. The largest absolute Gasteiger partial charge is 0.506 e. The van der Waals surface area contributed by atoms with Crippen LogP contribution in [0.4, 0.5) is 5.69 Å². The quantitative estimate of drug-likeness (QED) is 0.276. The normalized spacial score (nSPS) is 10.5. The number of phenols is 1. The van der Waals surface area contributed by atoms with Crippen LogP contribution in [-0.4, -0.2) is 16.2 Å². The molecule has 0 bridgehead atoms. The molecule has 68 valence electrons. The number of anilines is 1. The Morgan fingerprint density at radius 1 is 1.46 bits per heavy atom. The van der Waals surface area contributed by atoms with E-state index in [9.17, 15) is 4.79 Å². The second-order valence-corrected chi connectivity index (χ2v) is 2.49. The van der Waals surface area contributed by atoms with Crippen LogP contribution in [0.2, 0.25) is 0 Å². The molecular formula is C9H9NO3. The summed E-state index contributed by atoms with van der Waals surface area (Å²) in [7, 11) is 0. The van der Waals surface area contributed by atoms with E-state index < -0.39 is 5.97 Å². The summed E-state index contributed by atoms with van der Waals surface area (Å²) in [5.41, 5.74) is 6.26. The maximum Gasteiger partial charge on any atom is 0.328 e. The molecule has 0 aliphatic carbocycles. The van der Waals surface area contributed by atoms with Gasteiger partial charge >= 0.3 is 5.97 Å². The molecule has 0 saturated heterocycles. The van der Waals surface area contributed by atoms with Crippen molar-refractivity contribution in [3.8, 4) is 5.75 Å². The first-order valence-electron chi connectivity index (χ1n) is 3.59. The second kappa shape index (κ2) is 3.62. The number of aromatic hydroxyl groups is 1. The molecule has 13 heavy (non-hydrogen) atoms. The van der Waals surface area contributed by atoms with Gasteiger partial charge in [-0.05, 0) is 23.8 Å². The van der Waals surface area contributed by atoms with Gasteiger partial charge in [-0.25, -0.2) is 4.79 Å². The molecule has 0 atom stereocenters. The predicted molar refractivity (Wildman–Crippen MR) is 49.2 cm³/mol. The predicted octanol–water partition coefficient (Wildman–Crippen LogP) is 1.07. The molecule has 0 aliphatic heterocycles. The zero-order valence-corrected chi connectivity index (χ0v) is 6.77. The lowest BCUT2D eigenvalue weighted by atomic mass is 10.2. The summed E-state index contributed by atoms with van der Waals surface area (Å²) in [6.07, 6.45) is 2.41. The minimum absolute atomic E-state index is 0.00697. The fourth-order valence-corrected chi connectivity index (χ4v) is 0.844. The van der Waals surface area contributed by atoms with Gasteiger partial charge in [-0.15, -0.1) is 0 Å². The Kier molecular flexibility index (Phi) is 2.54. The summed E-state index contributed by atoms with van der Waals surface area (Å²) < 4.78 is 0. The molecule has 0 amide bonds. The van der Waals surface area contributed by atoms with E-state index >= 15 is 0 Å². The molecule has 4 N–H and O–H groups in total. The number of aliphatic carboxylic acids is 1. The number of benzene rings is 1. The Morgan fingerprint density at radius 3 is 2.69 bits per heavy atom. The lowest BCUT2D eigenvalue weighted by Gasteiger charge is -1.98. The highest BCUT2D eigenvalue weighted by molar-refractivity contribution is 5.85. The van der Waals surface area contributed by atoms with Crippen LogP contribution in [0, 0.1) is 0 Å². The molecule has 4 heteroatoms. The summed E-state index contributed by atoms with van der Waals surface area (Å²) in [6, 6.07) is 4.48. The van der Waals surface area contributed by atoms with E-state index in [0.29, 0.717) is 5.56 Å². The van der Waals surface area contributed by atoms with Crippen LogP contribution in [0.1, 0.15) is 5.56 Å². The molecule has 4 nitrogen and oxygen atoms in total. The number of hydrogen-bond donors (Lipinski definition) is 3. The standard InChI is InChI=1S/C9H9NO3/c10-7-5-6(1-3-8(7)11)2-4-9(12)13/h1-5,11H,10H2,(H,12,13)/b4-2+/i4+1,9+1. The van der Waals surface area contributed by atoms with Gasteiger partial charge in [-0.2, -0.15) is 0 Å². The van der Waals surface area contributed by atoms with E-state index in [4.69, 9.17) is 15.9 Å². The molecule has 0 spiro atoms. The number of rotatable bonds is 2. The van der Waals surface area contributed by atoms with E-state index in [1.807, 2.05) is 0 Å². The maximum atomic E-state index is 10.2. The van der Waals surface area contributed by atoms with E-state index in [1.165, 1.54) is 18.2 Å². The van der Waals surface area contributed by atoms with E-state index in [2.05, 4.69) is 0 Å². The highest BCUT2D eigenvalue weighted by Gasteiger charge is 1.96. The first-order chi connectivity index (χ1) is 6.09. The molecule has 1 aromatic carbocycles. The average Bonchev–Trinajstić information content (AvgIpc) is 2.07. The minimum Gasteiger partial charge on any atom is -0.506 e. The number of hydrogen-bond acceptors (Lipinski definition) is 3. The minimum atomic E-state index is -1.02.